The molecule has 1 aromatic carbocycles. The lowest BCUT2D eigenvalue weighted by molar-refractivity contribution is -0.141. The molecule has 5 nitrogen and oxygen atoms in total. The summed E-state index contributed by atoms with van der Waals surface area (Å²) in [7, 11) is 3.17. The minimum Gasteiger partial charge on any atom is -0.439 e. The Morgan fingerprint density at radius 2 is 1.87 bits per heavy atom. The summed E-state index contributed by atoms with van der Waals surface area (Å²) in [6.07, 6.45) is -4.54. The number of anilines is 1. The lowest BCUT2D eigenvalue weighted by Gasteiger charge is -2.13. The number of nitrogens with one attached hydrogen (secondary N) is 1. The number of urea groups is 1. The van der Waals surface area contributed by atoms with Crippen molar-refractivity contribution in [1.82, 2.24) is 9.88 Å². The first-order chi connectivity index (χ1) is 10.8. The van der Waals surface area contributed by atoms with Crippen LogP contribution < -0.4 is 10.1 Å². The van der Waals surface area contributed by atoms with E-state index >= 15 is 0 Å². The third-order valence-corrected chi connectivity index (χ3v) is 2.73. The summed E-state index contributed by atoms with van der Waals surface area (Å²) in [4.78, 5) is 16.3. The number of pyridine rings is 1. The highest BCUT2D eigenvalue weighted by atomic mass is 19.4. The molecule has 0 bridgehead atoms. The highest BCUT2D eigenvalue weighted by Crippen LogP contribution is 2.30. The summed E-state index contributed by atoms with van der Waals surface area (Å²) >= 11 is 0. The van der Waals surface area contributed by atoms with Crippen LogP contribution >= 0.6 is 0 Å². The van der Waals surface area contributed by atoms with Gasteiger partial charge in [-0.3, -0.25) is 0 Å². The normalized spacial score (nSPS) is 11.0. The fraction of sp³-hybridized carbons (Fsp3) is 0.200. The van der Waals surface area contributed by atoms with Crippen LogP contribution in [0.2, 0.25) is 0 Å². The average Bonchev–Trinajstić information content (AvgIpc) is 2.47. The van der Waals surface area contributed by atoms with Gasteiger partial charge in [-0.2, -0.15) is 13.2 Å². The van der Waals surface area contributed by atoms with Crippen LogP contribution in [0.5, 0.6) is 11.6 Å². The van der Waals surface area contributed by atoms with Crippen molar-refractivity contribution < 1.29 is 22.7 Å². The predicted octanol–water partition coefficient (Wildman–Crippen LogP) is 3.99. The molecule has 0 saturated heterocycles. The van der Waals surface area contributed by atoms with Crippen LogP contribution in [-0.2, 0) is 6.18 Å². The van der Waals surface area contributed by atoms with Gasteiger partial charge in [0, 0.05) is 31.9 Å². The summed E-state index contributed by atoms with van der Waals surface area (Å²) in [5.41, 5.74) is -0.583. The average molecular weight is 325 g/mol. The molecule has 1 heterocycles. The molecule has 0 aliphatic heterocycles. The first kappa shape index (κ1) is 16.6. The van der Waals surface area contributed by atoms with E-state index < -0.39 is 11.9 Å². The molecule has 0 atom stereocenters. The second kappa shape index (κ2) is 6.55. The number of hydrogen-bond acceptors (Lipinski definition) is 3. The van der Waals surface area contributed by atoms with Crippen molar-refractivity contribution in [2.75, 3.05) is 19.4 Å². The smallest absolute Gasteiger partial charge is 0.433 e. The minimum absolute atomic E-state index is 0.184. The van der Waals surface area contributed by atoms with Crippen LogP contribution in [0.4, 0.5) is 23.7 Å². The Kier molecular flexibility index (Phi) is 4.73. The highest BCUT2D eigenvalue weighted by molar-refractivity contribution is 5.89. The Morgan fingerprint density at radius 1 is 1.17 bits per heavy atom. The standard InChI is InChI=1S/C15H14F3N3O2/c1-21(2)14(22)19-10-5-3-6-11(9-10)23-13-8-4-7-12(20-13)15(16,17)18/h3-9H,1-2H3,(H,19,22). The summed E-state index contributed by atoms with van der Waals surface area (Å²) in [6, 6.07) is 9.34. The molecule has 0 aliphatic carbocycles. The summed E-state index contributed by atoms with van der Waals surface area (Å²) in [5, 5.41) is 2.61. The second-order valence-electron chi connectivity index (χ2n) is 4.81. The van der Waals surface area contributed by atoms with Gasteiger partial charge in [-0.15, -0.1) is 0 Å². The Hall–Kier alpha value is -2.77. The molecule has 2 aromatic rings. The first-order valence-electron chi connectivity index (χ1n) is 6.56. The van der Waals surface area contributed by atoms with E-state index in [9.17, 15) is 18.0 Å². The first-order valence-corrected chi connectivity index (χ1v) is 6.56. The third-order valence-electron chi connectivity index (χ3n) is 2.73. The molecule has 0 radical (unpaired) electrons. The van der Waals surface area contributed by atoms with Crippen LogP contribution in [0.3, 0.4) is 0 Å². The van der Waals surface area contributed by atoms with E-state index in [0.29, 0.717) is 5.69 Å². The Labute approximate surface area is 130 Å². The monoisotopic (exact) mass is 325 g/mol. The third kappa shape index (κ3) is 4.60. The maximum absolute atomic E-state index is 12.6. The Balaban J connectivity index is 2.16. The minimum atomic E-state index is -4.54. The van der Waals surface area contributed by atoms with Crippen LogP contribution in [0.15, 0.2) is 42.5 Å². The van der Waals surface area contributed by atoms with Gasteiger partial charge >= 0.3 is 12.2 Å². The Morgan fingerprint density at radius 3 is 2.52 bits per heavy atom. The molecule has 23 heavy (non-hydrogen) atoms. The maximum atomic E-state index is 12.6. The maximum Gasteiger partial charge on any atom is 0.433 e. The van der Waals surface area contributed by atoms with Gasteiger partial charge in [-0.25, -0.2) is 9.78 Å². The number of alkyl halides is 3. The molecule has 0 saturated carbocycles. The summed E-state index contributed by atoms with van der Waals surface area (Å²) < 4.78 is 43.2. The van der Waals surface area contributed by atoms with Crippen molar-refractivity contribution in [2.24, 2.45) is 0 Å². The number of hydrogen-bond donors (Lipinski definition) is 1. The van der Waals surface area contributed by atoms with Gasteiger partial charge in [-0.05, 0) is 18.2 Å². The van der Waals surface area contributed by atoms with E-state index in [4.69, 9.17) is 4.74 Å². The fourth-order valence-corrected chi connectivity index (χ4v) is 1.62. The lowest BCUT2D eigenvalue weighted by Crippen LogP contribution is -2.27. The van der Waals surface area contributed by atoms with Gasteiger partial charge in [0.25, 0.3) is 0 Å². The molecular formula is C15H14F3N3O2. The summed E-state index contributed by atoms with van der Waals surface area (Å²) in [5.74, 6) is 0.0734. The molecular weight excluding hydrogens is 311 g/mol. The van der Waals surface area contributed by atoms with Gasteiger partial charge in [0.1, 0.15) is 11.4 Å². The molecule has 0 unspecified atom stereocenters. The number of nitrogens with zero attached hydrogens (tertiary/aromatic N) is 2. The van der Waals surface area contributed by atoms with Crippen molar-refractivity contribution in [3.63, 3.8) is 0 Å². The lowest BCUT2D eigenvalue weighted by atomic mass is 10.3. The number of carbonyl (C=O) groups excluding carboxylic acids is 1. The number of benzene rings is 1. The van der Waals surface area contributed by atoms with Crippen molar-refractivity contribution in [2.45, 2.75) is 6.18 Å². The van der Waals surface area contributed by atoms with E-state index in [0.717, 1.165) is 6.07 Å². The predicted molar refractivity (Wildman–Crippen MR) is 78.5 cm³/mol. The van der Waals surface area contributed by atoms with Crippen molar-refractivity contribution >= 4 is 11.7 Å². The van der Waals surface area contributed by atoms with E-state index in [1.807, 2.05) is 0 Å². The van der Waals surface area contributed by atoms with Gasteiger partial charge in [0.2, 0.25) is 5.88 Å². The zero-order chi connectivity index (χ0) is 17.0. The molecule has 8 heteroatoms. The SMILES string of the molecule is CN(C)C(=O)Nc1cccc(Oc2cccc(C(F)(F)F)n2)c1. The number of carbonyl (C=O) groups is 1. The second-order valence-corrected chi connectivity index (χ2v) is 4.81. The number of ether oxygens (including phenoxy) is 1. The van der Waals surface area contributed by atoms with Gasteiger partial charge in [-0.1, -0.05) is 12.1 Å². The number of aromatic nitrogens is 1. The van der Waals surface area contributed by atoms with E-state index in [1.165, 1.54) is 23.1 Å². The van der Waals surface area contributed by atoms with E-state index in [1.54, 1.807) is 32.3 Å². The number of amides is 2. The molecule has 1 N–H and O–H groups in total. The molecule has 0 fully saturated rings. The van der Waals surface area contributed by atoms with Crippen molar-refractivity contribution in [1.29, 1.82) is 0 Å². The summed E-state index contributed by atoms with van der Waals surface area (Å²) in [6.45, 7) is 0. The van der Waals surface area contributed by atoms with E-state index in [-0.39, 0.29) is 17.7 Å². The molecule has 0 aliphatic rings. The topological polar surface area (TPSA) is 54.5 Å². The largest absolute Gasteiger partial charge is 0.439 e. The number of rotatable bonds is 3. The number of halogens is 3. The molecule has 122 valence electrons. The zero-order valence-electron chi connectivity index (χ0n) is 12.4. The fourth-order valence-electron chi connectivity index (χ4n) is 1.62. The van der Waals surface area contributed by atoms with Gasteiger partial charge < -0.3 is 15.0 Å². The molecule has 2 rings (SSSR count). The van der Waals surface area contributed by atoms with Gasteiger partial charge in [0.15, 0.2) is 0 Å². The van der Waals surface area contributed by atoms with E-state index in [2.05, 4.69) is 10.3 Å². The van der Waals surface area contributed by atoms with Crippen LogP contribution in [-0.4, -0.2) is 30.0 Å². The molecule has 2 amide bonds. The zero-order valence-corrected chi connectivity index (χ0v) is 12.4. The Bertz CT molecular complexity index is 702. The molecule has 1 aromatic heterocycles. The van der Waals surface area contributed by atoms with Crippen molar-refractivity contribution in [3.8, 4) is 11.6 Å². The van der Waals surface area contributed by atoms with Crippen LogP contribution in [0.1, 0.15) is 5.69 Å². The van der Waals surface area contributed by atoms with Crippen LogP contribution in [0, 0.1) is 0 Å². The quantitative estimate of drug-likeness (QED) is 0.928. The van der Waals surface area contributed by atoms with Gasteiger partial charge in [0.05, 0.1) is 0 Å². The molecule has 0 spiro atoms. The highest BCUT2D eigenvalue weighted by Gasteiger charge is 2.32. The van der Waals surface area contributed by atoms with Crippen molar-refractivity contribution in [3.05, 3.63) is 48.2 Å². The van der Waals surface area contributed by atoms with Crippen LogP contribution in [0.25, 0.3) is 0 Å².